The molecule has 0 saturated carbocycles. The zero-order valence-electron chi connectivity index (χ0n) is 16.0. The zero-order valence-corrected chi connectivity index (χ0v) is 16.0. The van der Waals surface area contributed by atoms with E-state index in [-0.39, 0.29) is 23.5 Å². The van der Waals surface area contributed by atoms with Gasteiger partial charge in [-0.3, -0.25) is 0 Å². The summed E-state index contributed by atoms with van der Waals surface area (Å²) in [5, 5.41) is 21.2. The summed E-state index contributed by atoms with van der Waals surface area (Å²) in [6.45, 7) is 0. The molecule has 3 aromatic rings. The molecule has 1 aliphatic carbocycles. The minimum Gasteiger partial charge on any atom is -0.512 e. The van der Waals surface area contributed by atoms with Crippen LogP contribution in [0.5, 0.6) is 5.75 Å². The first kappa shape index (κ1) is 18.8. The molecule has 0 aliphatic heterocycles. The van der Waals surface area contributed by atoms with Crippen LogP contribution < -0.4 is 11.5 Å². The topological polar surface area (TPSA) is 92.5 Å². The van der Waals surface area contributed by atoms with E-state index >= 15 is 0 Å². The van der Waals surface area contributed by atoms with Crippen LogP contribution in [0.4, 0.5) is 5.69 Å². The molecule has 1 aliphatic rings. The summed E-state index contributed by atoms with van der Waals surface area (Å²) in [4.78, 5) is 0. The van der Waals surface area contributed by atoms with Gasteiger partial charge in [-0.2, -0.15) is 0 Å². The van der Waals surface area contributed by atoms with Crippen molar-refractivity contribution in [3.8, 4) is 16.9 Å². The standard InChI is InChI=1S/C25H24N2O2/c26-19-10-12-21(23(28)14-19)25(22-13-11-20(27)15-24(22)29)18-8-6-17(7-9-18)16-4-2-1-3-5-16/h1-14,20,25,28-29H,15,26-27H2. The van der Waals surface area contributed by atoms with Crippen LogP contribution in [0.2, 0.25) is 0 Å². The monoisotopic (exact) mass is 384 g/mol. The number of nitrogen functional groups attached to an aromatic ring is 1. The first-order valence-electron chi connectivity index (χ1n) is 9.62. The summed E-state index contributed by atoms with van der Waals surface area (Å²) in [5.74, 6) is 0.0169. The van der Waals surface area contributed by atoms with Gasteiger partial charge in [0.1, 0.15) is 5.75 Å². The van der Waals surface area contributed by atoms with Gasteiger partial charge in [0.2, 0.25) is 0 Å². The van der Waals surface area contributed by atoms with Crippen LogP contribution >= 0.6 is 0 Å². The van der Waals surface area contributed by atoms with Crippen LogP contribution in [-0.4, -0.2) is 16.3 Å². The summed E-state index contributed by atoms with van der Waals surface area (Å²) in [6.07, 6.45) is 4.12. The van der Waals surface area contributed by atoms with Gasteiger partial charge in [-0.1, -0.05) is 72.8 Å². The average molecular weight is 384 g/mol. The van der Waals surface area contributed by atoms with Crippen LogP contribution in [0.1, 0.15) is 23.5 Å². The second-order valence-electron chi connectivity index (χ2n) is 7.37. The van der Waals surface area contributed by atoms with Crippen molar-refractivity contribution < 1.29 is 10.2 Å². The molecule has 2 unspecified atom stereocenters. The van der Waals surface area contributed by atoms with Crippen molar-refractivity contribution >= 4 is 5.69 Å². The average Bonchev–Trinajstić information content (AvgIpc) is 2.72. The number of aliphatic hydroxyl groups excluding tert-OH is 1. The molecule has 4 nitrogen and oxygen atoms in total. The summed E-state index contributed by atoms with van der Waals surface area (Å²) >= 11 is 0. The molecule has 0 radical (unpaired) electrons. The van der Waals surface area contributed by atoms with Gasteiger partial charge in [-0.05, 0) is 22.8 Å². The van der Waals surface area contributed by atoms with Gasteiger partial charge in [0.25, 0.3) is 0 Å². The van der Waals surface area contributed by atoms with Crippen LogP contribution in [-0.2, 0) is 0 Å². The van der Waals surface area contributed by atoms with Crippen molar-refractivity contribution in [1.82, 2.24) is 0 Å². The zero-order chi connectivity index (χ0) is 20.4. The number of aromatic hydroxyl groups is 1. The SMILES string of the molecule is Nc1ccc(C(C2=C(O)CC(N)C=C2)c2ccc(-c3ccccc3)cc2)c(O)c1. The van der Waals surface area contributed by atoms with E-state index in [1.54, 1.807) is 6.07 Å². The van der Waals surface area contributed by atoms with Gasteiger partial charge in [0.05, 0.1) is 5.76 Å². The van der Waals surface area contributed by atoms with Crippen LogP contribution in [0, 0.1) is 0 Å². The molecule has 0 saturated heterocycles. The first-order chi connectivity index (χ1) is 14.0. The van der Waals surface area contributed by atoms with Crippen molar-refractivity contribution in [2.24, 2.45) is 5.73 Å². The summed E-state index contributed by atoms with van der Waals surface area (Å²) in [7, 11) is 0. The third-order valence-electron chi connectivity index (χ3n) is 5.31. The second kappa shape index (κ2) is 7.86. The lowest BCUT2D eigenvalue weighted by Crippen LogP contribution is -2.22. The smallest absolute Gasteiger partial charge is 0.121 e. The largest absolute Gasteiger partial charge is 0.512 e. The molecule has 0 heterocycles. The Kier molecular flexibility index (Phi) is 5.10. The Balaban J connectivity index is 1.81. The van der Waals surface area contributed by atoms with E-state index in [9.17, 15) is 10.2 Å². The predicted octanol–water partition coefficient (Wildman–Crippen LogP) is 4.87. The van der Waals surface area contributed by atoms with Gasteiger partial charge in [-0.15, -0.1) is 0 Å². The first-order valence-corrected chi connectivity index (χ1v) is 9.62. The maximum atomic E-state index is 10.7. The molecule has 0 fully saturated rings. The van der Waals surface area contributed by atoms with Gasteiger partial charge >= 0.3 is 0 Å². The van der Waals surface area contributed by atoms with E-state index in [4.69, 9.17) is 11.5 Å². The van der Waals surface area contributed by atoms with Crippen molar-refractivity contribution in [3.05, 3.63) is 107 Å². The Hall–Kier alpha value is -3.50. The number of rotatable bonds is 4. The van der Waals surface area contributed by atoms with Crippen molar-refractivity contribution in [1.29, 1.82) is 0 Å². The molecular formula is C25H24N2O2. The third-order valence-corrected chi connectivity index (χ3v) is 5.31. The molecule has 4 heteroatoms. The predicted molar refractivity (Wildman–Crippen MR) is 118 cm³/mol. The Labute approximate surface area is 170 Å². The van der Waals surface area contributed by atoms with Crippen molar-refractivity contribution in [2.75, 3.05) is 5.73 Å². The van der Waals surface area contributed by atoms with E-state index in [0.717, 1.165) is 22.3 Å². The van der Waals surface area contributed by atoms with E-state index < -0.39 is 0 Å². The Morgan fingerprint density at radius 1 is 0.862 bits per heavy atom. The number of anilines is 1. The Morgan fingerprint density at radius 2 is 1.55 bits per heavy atom. The summed E-state index contributed by atoms with van der Waals surface area (Å²) < 4.78 is 0. The summed E-state index contributed by atoms with van der Waals surface area (Å²) in [5.41, 5.74) is 16.9. The fourth-order valence-electron chi connectivity index (χ4n) is 3.83. The number of aliphatic hydroxyl groups is 1. The molecule has 6 N–H and O–H groups in total. The highest BCUT2D eigenvalue weighted by Crippen LogP contribution is 2.41. The summed E-state index contributed by atoms with van der Waals surface area (Å²) in [6, 6.07) is 23.2. The van der Waals surface area contributed by atoms with Crippen LogP contribution in [0.25, 0.3) is 11.1 Å². The highest BCUT2D eigenvalue weighted by Gasteiger charge is 2.26. The molecule has 4 rings (SSSR count). The van der Waals surface area contributed by atoms with Crippen molar-refractivity contribution in [2.45, 2.75) is 18.4 Å². The molecular weight excluding hydrogens is 360 g/mol. The van der Waals surface area contributed by atoms with Crippen LogP contribution in [0.15, 0.2) is 96.3 Å². The highest BCUT2D eigenvalue weighted by atomic mass is 16.3. The number of phenols is 1. The highest BCUT2D eigenvalue weighted by molar-refractivity contribution is 5.65. The third kappa shape index (κ3) is 3.89. The molecule has 29 heavy (non-hydrogen) atoms. The molecule has 0 amide bonds. The fraction of sp³-hybridized carbons (Fsp3) is 0.120. The second-order valence-corrected chi connectivity index (χ2v) is 7.37. The molecule has 146 valence electrons. The number of hydrogen-bond acceptors (Lipinski definition) is 4. The lowest BCUT2D eigenvalue weighted by atomic mass is 9.80. The molecule has 3 aromatic carbocycles. The maximum Gasteiger partial charge on any atom is 0.121 e. The minimum atomic E-state index is -0.329. The van der Waals surface area contributed by atoms with E-state index in [1.807, 2.05) is 48.6 Å². The van der Waals surface area contributed by atoms with Gasteiger partial charge < -0.3 is 21.7 Å². The molecule has 0 aromatic heterocycles. The number of benzene rings is 3. The Bertz CT molecular complexity index is 1070. The van der Waals surface area contributed by atoms with E-state index in [1.165, 1.54) is 6.07 Å². The lowest BCUT2D eigenvalue weighted by molar-refractivity contribution is 0.370. The van der Waals surface area contributed by atoms with Gasteiger partial charge in [0.15, 0.2) is 0 Å². The lowest BCUT2D eigenvalue weighted by Gasteiger charge is -2.25. The Morgan fingerprint density at radius 3 is 2.21 bits per heavy atom. The fourth-order valence-corrected chi connectivity index (χ4v) is 3.83. The minimum absolute atomic E-state index is 0.103. The van der Waals surface area contributed by atoms with Crippen LogP contribution in [0.3, 0.4) is 0 Å². The van der Waals surface area contributed by atoms with E-state index in [2.05, 4.69) is 24.3 Å². The molecule has 0 spiro atoms. The van der Waals surface area contributed by atoms with E-state index in [0.29, 0.717) is 17.7 Å². The molecule has 2 atom stereocenters. The number of hydrogen-bond donors (Lipinski definition) is 4. The maximum absolute atomic E-state index is 10.7. The number of nitrogens with two attached hydrogens (primary N) is 2. The van der Waals surface area contributed by atoms with Crippen molar-refractivity contribution in [3.63, 3.8) is 0 Å². The quantitative estimate of drug-likeness (QED) is 0.483. The number of phenolic OH excluding ortho intramolecular Hbond substituents is 1. The molecule has 0 bridgehead atoms. The normalized spacial score (nSPS) is 17.3. The number of allylic oxidation sites excluding steroid dienone is 2. The van der Waals surface area contributed by atoms with Gasteiger partial charge in [0, 0.05) is 41.3 Å². The van der Waals surface area contributed by atoms with Gasteiger partial charge in [-0.25, -0.2) is 0 Å².